The summed E-state index contributed by atoms with van der Waals surface area (Å²) < 4.78 is 12.6. The van der Waals surface area contributed by atoms with Crippen molar-refractivity contribution in [2.24, 2.45) is 23.2 Å². The van der Waals surface area contributed by atoms with E-state index in [1.165, 1.54) is 19.3 Å². The first-order chi connectivity index (χ1) is 9.66. The largest absolute Gasteiger partial charge is 0.397 e. The molecule has 1 saturated carbocycles. The molecule has 3 unspecified atom stereocenters. The summed E-state index contributed by atoms with van der Waals surface area (Å²) >= 11 is 0. The molecule has 3 atom stereocenters. The van der Waals surface area contributed by atoms with Gasteiger partial charge in [0.15, 0.2) is 0 Å². The van der Waals surface area contributed by atoms with E-state index in [0.717, 1.165) is 12.0 Å². The minimum absolute atomic E-state index is 0.158. The van der Waals surface area contributed by atoms with Crippen LogP contribution in [0.3, 0.4) is 0 Å². The molecule has 21 heavy (non-hydrogen) atoms. The zero-order chi connectivity index (χ0) is 16.5. The zero-order valence-electron chi connectivity index (χ0n) is 15.9. The van der Waals surface area contributed by atoms with Crippen LogP contribution in [0.5, 0.6) is 0 Å². The Morgan fingerprint density at radius 1 is 1.00 bits per heavy atom. The topological polar surface area (TPSA) is 18.5 Å². The number of hydrogen-bond acceptors (Lipinski definition) is 2. The summed E-state index contributed by atoms with van der Waals surface area (Å²) in [4.78, 5) is 0. The molecule has 0 aliphatic heterocycles. The van der Waals surface area contributed by atoms with Crippen LogP contribution in [-0.2, 0) is 8.85 Å². The highest BCUT2D eigenvalue weighted by molar-refractivity contribution is 6.71. The lowest BCUT2D eigenvalue weighted by atomic mass is 9.75. The SMILES string of the molecule is CCC(CC)C[Si](OC)(OC)C1(C)C(C)CC(C)C1(C)C. The van der Waals surface area contributed by atoms with Crippen molar-refractivity contribution < 1.29 is 8.85 Å². The lowest BCUT2D eigenvalue weighted by Crippen LogP contribution is -2.58. The lowest BCUT2D eigenvalue weighted by molar-refractivity contribution is 0.116. The Labute approximate surface area is 134 Å². The molecule has 2 nitrogen and oxygen atoms in total. The second kappa shape index (κ2) is 6.72. The van der Waals surface area contributed by atoms with Crippen molar-refractivity contribution in [1.82, 2.24) is 0 Å². The monoisotopic (exact) mass is 314 g/mol. The quantitative estimate of drug-likeness (QED) is 0.568. The first kappa shape index (κ1) is 19.2. The van der Waals surface area contributed by atoms with Crippen LogP contribution in [0.25, 0.3) is 0 Å². The van der Waals surface area contributed by atoms with Gasteiger partial charge in [-0.15, -0.1) is 0 Å². The van der Waals surface area contributed by atoms with Crippen molar-refractivity contribution in [2.75, 3.05) is 14.2 Å². The van der Waals surface area contributed by atoms with Crippen LogP contribution in [0, 0.1) is 23.2 Å². The molecule has 1 fully saturated rings. The fourth-order valence-corrected chi connectivity index (χ4v) is 10.1. The number of hydrogen-bond donors (Lipinski definition) is 0. The average Bonchev–Trinajstić information content (AvgIpc) is 2.62. The van der Waals surface area contributed by atoms with Gasteiger partial charge < -0.3 is 8.85 Å². The molecule has 0 spiro atoms. The van der Waals surface area contributed by atoms with Crippen LogP contribution in [0.4, 0.5) is 0 Å². The third-order valence-corrected chi connectivity index (χ3v) is 12.6. The van der Waals surface area contributed by atoms with E-state index in [9.17, 15) is 0 Å². The Morgan fingerprint density at radius 3 is 1.76 bits per heavy atom. The molecule has 0 bridgehead atoms. The van der Waals surface area contributed by atoms with Crippen molar-refractivity contribution in [1.29, 1.82) is 0 Å². The normalized spacial score (nSPS) is 32.9. The van der Waals surface area contributed by atoms with E-state index in [1.54, 1.807) is 0 Å². The van der Waals surface area contributed by atoms with E-state index in [2.05, 4.69) is 48.5 Å². The molecule has 0 N–H and O–H groups in total. The van der Waals surface area contributed by atoms with E-state index in [1.807, 2.05) is 14.2 Å². The highest BCUT2D eigenvalue weighted by atomic mass is 28.4. The molecule has 126 valence electrons. The molecular formula is C18H38O2Si. The van der Waals surface area contributed by atoms with Gasteiger partial charge in [-0.25, -0.2) is 0 Å². The lowest BCUT2D eigenvalue weighted by Gasteiger charge is -2.53. The second-order valence-electron chi connectivity index (χ2n) is 8.01. The Hall–Kier alpha value is 0.137. The molecule has 0 radical (unpaired) electrons. The molecule has 0 aromatic heterocycles. The Bertz CT molecular complexity index is 334. The van der Waals surface area contributed by atoms with E-state index in [0.29, 0.717) is 11.8 Å². The van der Waals surface area contributed by atoms with Crippen molar-refractivity contribution in [3.63, 3.8) is 0 Å². The van der Waals surface area contributed by atoms with Crippen LogP contribution in [-0.4, -0.2) is 22.8 Å². The van der Waals surface area contributed by atoms with E-state index < -0.39 is 8.56 Å². The van der Waals surface area contributed by atoms with Crippen molar-refractivity contribution in [3.05, 3.63) is 0 Å². The maximum atomic E-state index is 6.28. The fraction of sp³-hybridized carbons (Fsp3) is 1.00. The summed E-state index contributed by atoms with van der Waals surface area (Å²) in [5.41, 5.74) is 0.261. The third-order valence-electron chi connectivity index (χ3n) is 7.43. The first-order valence-electron chi connectivity index (χ1n) is 8.77. The van der Waals surface area contributed by atoms with Crippen LogP contribution >= 0.6 is 0 Å². The van der Waals surface area contributed by atoms with Crippen LogP contribution in [0.1, 0.15) is 67.7 Å². The highest BCUT2D eigenvalue weighted by Crippen LogP contribution is 2.69. The van der Waals surface area contributed by atoms with Gasteiger partial charge in [-0.3, -0.25) is 0 Å². The predicted molar refractivity (Wildman–Crippen MR) is 93.7 cm³/mol. The van der Waals surface area contributed by atoms with Gasteiger partial charge in [0, 0.05) is 19.3 Å². The minimum Gasteiger partial charge on any atom is -0.397 e. The van der Waals surface area contributed by atoms with Crippen LogP contribution < -0.4 is 0 Å². The summed E-state index contributed by atoms with van der Waals surface area (Å²) in [5, 5.41) is 0.158. The summed E-state index contributed by atoms with van der Waals surface area (Å²) in [5.74, 6) is 2.09. The number of rotatable bonds is 7. The van der Waals surface area contributed by atoms with Gasteiger partial charge in [0.25, 0.3) is 0 Å². The molecule has 1 rings (SSSR count). The Morgan fingerprint density at radius 2 is 1.48 bits per heavy atom. The molecule has 0 aromatic carbocycles. The predicted octanol–water partition coefficient (Wildman–Crippen LogP) is 5.62. The molecule has 1 aliphatic carbocycles. The van der Waals surface area contributed by atoms with Gasteiger partial charge in [-0.05, 0) is 35.6 Å². The highest BCUT2D eigenvalue weighted by Gasteiger charge is 2.67. The van der Waals surface area contributed by atoms with Crippen molar-refractivity contribution in [3.8, 4) is 0 Å². The van der Waals surface area contributed by atoms with Gasteiger partial charge in [-0.2, -0.15) is 0 Å². The van der Waals surface area contributed by atoms with Gasteiger partial charge in [0.2, 0.25) is 0 Å². The van der Waals surface area contributed by atoms with Gasteiger partial charge in [0.1, 0.15) is 0 Å². The van der Waals surface area contributed by atoms with Crippen molar-refractivity contribution in [2.45, 2.75) is 78.8 Å². The smallest absolute Gasteiger partial charge is 0.344 e. The minimum atomic E-state index is -2.28. The molecule has 0 heterocycles. The van der Waals surface area contributed by atoms with E-state index in [-0.39, 0.29) is 10.5 Å². The molecule has 1 aliphatic rings. The summed E-state index contributed by atoms with van der Waals surface area (Å²) in [7, 11) is 1.52. The van der Waals surface area contributed by atoms with E-state index >= 15 is 0 Å². The average molecular weight is 315 g/mol. The molecular weight excluding hydrogens is 276 g/mol. The zero-order valence-corrected chi connectivity index (χ0v) is 16.9. The van der Waals surface area contributed by atoms with Gasteiger partial charge in [0.05, 0.1) is 0 Å². The summed E-state index contributed by atoms with van der Waals surface area (Å²) in [6.45, 7) is 16.8. The summed E-state index contributed by atoms with van der Waals surface area (Å²) in [6.07, 6.45) is 3.73. The summed E-state index contributed by atoms with van der Waals surface area (Å²) in [6, 6.07) is 1.13. The Balaban J connectivity index is 3.31. The second-order valence-corrected chi connectivity index (χ2v) is 11.8. The van der Waals surface area contributed by atoms with Gasteiger partial charge >= 0.3 is 8.56 Å². The molecule has 0 amide bonds. The van der Waals surface area contributed by atoms with Crippen molar-refractivity contribution >= 4 is 8.56 Å². The van der Waals surface area contributed by atoms with Crippen LogP contribution in [0.2, 0.25) is 11.1 Å². The van der Waals surface area contributed by atoms with Gasteiger partial charge in [-0.1, -0.05) is 61.3 Å². The third kappa shape index (κ3) is 2.74. The molecule has 0 saturated heterocycles. The fourth-order valence-electron chi connectivity index (χ4n) is 4.92. The maximum absolute atomic E-state index is 6.28. The molecule has 0 aromatic rings. The van der Waals surface area contributed by atoms with E-state index in [4.69, 9.17) is 8.85 Å². The molecule has 3 heteroatoms. The Kier molecular flexibility index (Phi) is 6.14. The maximum Gasteiger partial charge on any atom is 0.344 e. The standard InChI is InChI=1S/C18H38O2Si/c1-10-16(11-2)13-21(19-8,20-9)18(7)15(4)12-14(3)17(18,5)6/h14-16H,10-13H2,1-9H3. The first-order valence-corrected chi connectivity index (χ1v) is 10.8. The van der Waals surface area contributed by atoms with Crippen LogP contribution in [0.15, 0.2) is 0 Å².